The second-order valence-corrected chi connectivity index (χ2v) is 5.31. The molecule has 0 saturated carbocycles. The zero-order chi connectivity index (χ0) is 12.4. The second-order valence-electron chi connectivity index (χ2n) is 5.31. The fraction of sp³-hybridized carbons (Fsp3) is 0.667. The Kier molecular flexibility index (Phi) is 3.41. The van der Waals surface area contributed by atoms with E-state index in [1.54, 1.807) is 11.0 Å². The molecule has 4 heteroatoms. The third-order valence-electron chi connectivity index (χ3n) is 2.46. The highest BCUT2D eigenvalue weighted by atomic mass is 16.6. The van der Waals surface area contributed by atoms with Crippen LogP contribution in [0.4, 0.5) is 4.79 Å². The van der Waals surface area contributed by atoms with Gasteiger partial charge >= 0.3 is 6.09 Å². The maximum absolute atomic E-state index is 11.6. The van der Waals surface area contributed by atoms with Gasteiger partial charge in [-0.25, -0.2) is 4.79 Å². The van der Waals surface area contributed by atoms with E-state index >= 15 is 0 Å². The van der Waals surface area contributed by atoms with Gasteiger partial charge in [0.05, 0.1) is 5.41 Å². The van der Waals surface area contributed by atoms with E-state index in [1.807, 2.05) is 20.8 Å². The first-order valence-corrected chi connectivity index (χ1v) is 5.37. The molecule has 0 aromatic rings. The minimum atomic E-state index is -0.491. The van der Waals surface area contributed by atoms with Crippen molar-refractivity contribution in [3.05, 3.63) is 12.7 Å². The predicted octanol–water partition coefficient (Wildman–Crippen LogP) is 2.00. The van der Waals surface area contributed by atoms with Crippen molar-refractivity contribution in [2.75, 3.05) is 13.1 Å². The van der Waals surface area contributed by atoms with Gasteiger partial charge in [-0.1, -0.05) is 6.08 Å². The molecule has 0 spiro atoms. The molecule has 0 atom stereocenters. The molecule has 1 aliphatic rings. The lowest BCUT2D eigenvalue weighted by Crippen LogP contribution is -2.59. The van der Waals surface area contributed by atoms with Crippen LogP contribution >= 0.6 is 0 Å². The number of carbonyl (C=O) groups is 2. The Labute approximate surface area is 96.3 Å². The number of likely N-dealkylation sites (tertiary alicyclic amines) is 1. The maximum Gasteiger partial charge on any atom is 0.410 e. The van der Waals surface area contributed by atoms with Gasteiger partial charge in [0.25, 0.3) is 0 Å². The molecule has 1 fully saturated rings. The first-order valence-electron chi connectivity index (χ1n) is 5.37. The number of nitrogens with zero attached hydrogens (tertiary/aromatic N) is 1. The van der Waals surface area contributed by atoms with Crippen molar-refractivity contribution < 1.29 is 14.3 Å². The number of ether oxygens (including phenoxy) is 1. The third-order valence-corrected chi connectivity index (χ3v) is 2.46. The number of rotatable bonds is 3. The van der Waals surface area contributed by atoms with Gasteiger partial charge in [0.2, 0.25) is 0 Å². The van der Waals surface area contributed by atoms with Crippen molar-refractivity contribution in [3.63, 3.8) is 0 Å². The molecule has 16 heavy (non-hydrogen) atoms. The van der Waals surface area contributed by atoms with Crippen molar-refractivity contribution >= 4 is 12.4 Å². The summed E-state index contributed by atoms with van der Waals surface area (Å²) in [4.78, 5) is 24.1. The van der Waals surface area contributed by atoms with Crippen LogP contribution in [0.2, 0.25) is 0 Å². The lowest BCUT2D eigenvalue weighted by atomic mass is 9.78. The summed E-state index contributed by atoms with van der Waals surface area (Å²) in [5, 5.41) is 0. The fourth-order valence-corrected chi connectivity index (χ4v) is 1.71. The summed E-state index contributed by atoms with van der Waals surface area (Å²) in [5.74, 6) is 0. The molecule has 0 aromatic heterocycles. The largest absolute Gasteiger partial charge is 0.444 e. The minimum Gasteiger partial charge on any atom is -0.444 e. The van der Waals surface area contributed by atoms with E-state index in [4.69, 9.17) is 4.74 Å². The van der Waals surface area contributed by atoms with Gasteiger partial charge in [-0.05, 0) is 27.2 Å². The van der Waals surface area contributed by atoms with E-state index in [2.05, 4.69) is 6.58 Å². The molecule has 1 aliphatic heterocycles. The summed E-state index contributed by atoms with van der Waals surface area (Å²) >= 11 is 0. The molecule has 0 unspecified atom stereocenters. The van der Waals surface area contributed by atoms with E-state index in [9.17, 15) is 9.59 Å². The summed E-state index contributed by atoms with van der Waals surface area (Å²) < 4.78 is 5.20. The number of aldehydes is 1. The third kappa shape index (κ3) is 2.84. The first-order chi connectivity index (χ1) is 7.32. The summed E-state index contributed by atoms with van der Waals surface area (Å²) in [6.07, 6.45) is 2.88. The SMILES string of the molecule is C=CCC1(C=O)CN(C(=O)OC(C)(C)C)C1. The number of amides is 1. The van der Waals surface area contributed by atoms with Crippen LogP contribution < -0.4 is 0 Å². The molecule has 1 rings (SSSR count). The Morgan fingerprint density at radius 3 is 2.44 bits per heavy atom. The average Bonchev–Trinajstić information content (AvgIpc) is 2.07. The zero-order valence-electron chi connectivity index (χ0n) is 10.2. The summed E-state index contributed by atoms with van der Waals surface area (Å²) in [7, 11) is 0. The lowest BCUT2D eigenvalue weighted by molar-refractivity contribution is -0.124. The molecule has 1 amide bonds. The molecule has 1 heterocycles. The number of hydrogen-bond acceptors (Lipinski definition) is 3. The quantitative estimate of drug-likeness (QED) is 0.545. The Hall–Kier alpha value is -1.32. The van der Waals surface area contributed by atoms with Crippen molar-refractivity contribution in [2.45, 2.75) is 32.8 Å². The van der Waals surface area contributed by atoms with Crippen LogP contribution in [0.15, 0.2) is 12.7 Å². The van der Waals surface area contributed by atoms with Gasteiger partial charge < -0.3 is 14.4 Å². The van der Waals surface area contributed by atoms with E-state index in [0.29, 0.717) is 19.5 Å². The number of allylic oxidation sites excluding steroid dienone is 1. The number of carbonyl (C=O) groups excluding carboxylic acids is 2. The van der Waals surface area contributed by atoms with Crippen LogP contribution in [-0.2, 0) is 9.53 Å². The van der Waals surface area contributed by atoms with Crippen LogP contribution in [0.25, 0.3) is 0 Å². The Bertz CT molecular complexity index is 298. The standard InChI is InChI=1S/C12H19NO3/c1-5-6-12(9-14)7-13(8-12)10(15)16-11(2,3)4/h5,9H,1,6-8H2,2-4H3. The first kappa shape index (κ1) is 12.7. The molecule has 1 saturated heterocycles. The summed E-state index contributed by atoms with van der Waals surface area (Å²) in [6.45, 7) is 9.93. The van der Waals surface area contributed by atoms with E-state index < -0.39 is 11.0 Å². The molecular weight excluding hydrogens is 206 g/mol. The Balaban J connectivity index is 2.48. The minimum absolute atomic E-state index is 0.353. The molecule has 0 radical (unpaired) electrons. The zero-order valence-corrected chi connectivity index (χ0v) is 10.2. The topological polar surface area (TPSA) is 46.6 Å². The summed E-state index contributed by atoms with van der Waals surface area (Å²) in [5.41, 5.74) is -0.923. The number of hydrogen-bond donors (Lipinski definition) is 0. The van der Waals surface area contributed by atoms with Gasteiger partial charge in [-0.15, -0.1) is 6.58 Å². The molecule has 0 aliphatic carbocycles. The van der Waals surface area contributed by atoms with Crippen LogP contribution in [0, 0.1) is 5.41 Å². The van der Waals surface area contributed by atoms with Crippen LogP contribution in [0.1, 0.15) is 27.2 Å². The predicted molar refractivity (Wildman–Crippen MR) is 61.1 cm³/mol. The molecule has 0 N–H and O–H groups in total. The van der Waals surface area contributed by atoms with Crippen LogP contribution in [0.5, 0.6) is 0 Å². The highest BCUT2D eigenvalue weighted by Crippen LogP contribution is 2.33. The second kappa shape index (κ2) is 4.28. The smallest absolute Gasteiger partial charge is 0.410 e. The van der Waals surface area contributed by atoms with Gasteiger partial charge in [0, 0.05) is 13.1 Å². The van der Waals surface area contributed by atoms with E-state index in [-0.39, 0.29) is 6.09 Å². The van der Waals surface area contributed by atoms with Crippen molar-refractivity contribution in [1.82, 2.24) is 4.90 Å². The molecule has 0 bridgehead atoms. The highest BCUT2D eigenvalue weighted by Gasteiger charge is 2.45. The van der Waals surface area contributed by atoms with Gasteiger partial charge in [-0.3, -0.25) is 0 Å². The monoisotopic (exact) mass is 225 g/mol. The van der Waals surface area contributed by atoms with Crippen LogP contribution in [0.3, 0.4) is 0 Å². The van der Waals surface area contributed by atoms with Crippen molar-refractivity contribution in [3.8, 4) is 0 Å². The fourth-order valence-electron chi connectivity index (χ4n) is 1.71. The van der Waals surface area contributed by atoms with E-state index in [0.717, 1.165) is 6.29 Å². The maximum atomic E-state index is 11.6. The van der Waals surface area contributed by atoms with Gasteiger partial charge in [0.1, 0.15) is 11.9 Å². The molecule has 4 nitrogen and oxygen atoms in total. The average molecular weight is 225 g/mol. The molecule has 0 aromatic carbocycles. The Morgan fingerprint density at radius 2 is 2.06 bits per heavy atom. The van der Waals surface area contributed by atoms with Gasteiger partial charge in [0.15, 0.2) is 0 Å². The van der Waals surface area contributed by atoms with Crippen molar-refractivity contribution in [1.29, 1.82) is 0 Å². The molecule has 90 valence electrons. The molecular formula is C12H19NO3. The highest BCUT2D eigenvalue weighted by molar-refractivity contribution is 5.74. The van der Waals surface area contributed by atoms with Crippen LogP contribution in [-0.4, -0.2) is 36.0 Å². The normalized spacial score (nSPS) is 18.6. The van der Waals surface area contributed by atoms with Crippen molar-refractivity contribution in [2.24, 2.45) is 5.41 Å². The Morgan fingerprint density at radius 1 is 1.50 bits per heavy atom. The lowest BCUT2D eigenvalue weighted by Gasteiger charge is -2.46. The van der Waals surface area contributed by atoms with Gasteiger partial charge in [-0.2, -0.15) is 0 Å². The van der Waals surface area contributed by atoms with E-state index in [1.165, 1.54) is 0 Å². The summed E-state index contributed by atoms with van der Waals surface area (Å²) in [6, 6.07) is 0.